The maximum Gasteiger partial charge on any atom is 0.274 e. The van der Waals surface area contributed by atoms with Gasteiger partial charge in [-0.05, 0) is 36.4 Å². The Morgan fingerprint density at radius 3 is 2.50 bits per heavy atom. The number of amides is 1. The van der Waals surface area contributed by atoms with Gasteiger partial charge in [0, 0.05) is 12.3 Å². The van der Waals surface area contributed by atoms with Crippen molar-refractivity contribution < 1.29 is 9.53 Å². The van der Waals surface area contributed by atoms with Crippen LogP contribution in [-0.4, -0.2) is 20.9 Å². The van der Waals surface area contributed by atoms with Gasteiger partial charge in [0.15, 0.2) is 5.75 Å². The number of hydrogen-bond donors (Lipinski definition) is 2. The smallest absolute Gasteiger partial charge is 0.274 e. The molecule has 30 heavy (non-hydrogen) atoms. The van der Waals surface area contributed by atoms with E-state index in [9.17, 15) is 4.79 Å². The molecule has 0 spiro atoms. The highest BCUT2D eigenvalue weighted by Crippen LogP contribution is 2.29. The minimum absolute atomic E-state index is 0.239. The highest BCUT2D eigenvalue weighted by Gasteiger charge is 2.12. The molecule has 0 atom stereocenters. The number of anilines is 2. The SMILES string of the molecule is O=C(Nc1ccccc1Oc1ccccc1)c1cc(NCc2ccccn2)ncn1. The Morgan fingerprint density at radius 2 is 1.67 bits per heavy atom. The first-order valence-corrected chi connectivity index (χ1v) is 9.37. The molecule has 0 bridgehead atoms. The summed E-state index contributed by atoms with van der Waals surface area (Å²) in [5.74, 6) is 1.40. The van der Waals surface area contributed by atoms with Gasteiger partial charge in [-0.25, -0.2) is 9.97 Å². The number of benzene rings is 2. The van der Waals surface area contributed by atoms with Crippen molar-refractivity contribution >= 4 is 17.4 Å². The van der Waals surface area contributed by atoms with E-state index in [1.165, 1.54) is 6.33 Å². The fourth-order valence-corrected chi connectivity index (χ4v) is 2.72. The average Bonchev–Trinajstić information content (AvgIpc) is 2.80. The minimum Gasteiger partial charge on any atom is -0.455 e. The fraction of sp³-hybridized carbons (Fsp3) is 0.0435. The van der Waals surface area contributed by atoms with Crippen molar-refractivity contribution in [3.05, 3.63) is 103 Å². The maximum absolute atomic E-state index is 12.7. The molecule has 7 nitrogen and oxygen atoms in total. The Balaban J connectivity index is 1.45. The van der Waals surface area contributed by atoms with Gasteiger partial charge in [-0.2, -0.15) is 0 Å². The zero-order valence-corrected chi connectivity index (χ0v) is 16.0. The summed E-state index contributed by atoms with van der Waals surface area (Å²) in [6.07, 6.45) is 3.08. The van der Waals surface area contributed by atoms with E-state index in [2.05, 4.69) is 25.6 Å². The van der Waals surface area contributed by atoms with Crippen molar-refractivity contribution in [3.8, 4) is 11.5 Å². The van der Waals surface area contributed by atoms with Crippen LogP contribution >= 0.6 is 0 Å². The summed E-state index contributed by atoms with van der Waals surface area (Å²) in [4.78, 5) is 25.2. The molecule has 0 saturated carbocycles. The number of para-hydroxylation sites is 3. The van der Waals surface area contributed by atoms with Gasteiger partial charge in [0.05, 0.1) is 17.9 Å². The second kappa shape index (κ2) is 9.29. The zero-order chi connectivity index (χ0) is 20.6. The second-order valence-corrected chi connectivity index (χ2v) is 6.33. The van der Waals surface area contributed by atoms with Crippen LogP contribution in [0.3, 0.4) is 0 Å². The molecular weight excluding hydrogens is 378 g/mol. The standard InChI is InChI=1S/C23H19N5O2/c29-23(20-14-22(27-16-26-20)25-15-17-8-6-7-13-24-17)28-19-11-4-5-12-21(19)30-18-9-2-1-3-10-18/h1-14,16H,15H2,(H,28,29)(H,25,26,27). The summed E-state index contributed by atoms with van der Waals surface area (Å²) >= 11 is 0. The predicted molar refractivity (Wildman–Crippen MR) is 115 cm³/mol. The molecule has 4 rings (SSSR count). The van der Waals surface area contributed by atoms with Crippen molar-refractivity contribution in [1.82, 2.24) is 15.0 Å². The van der Waals surface area contributed by atoms with E-state index in [0.717, 1.165) is 5.69 Å². The number of rotatable bonds is 7. The zero-order valence-electron chi connectivity index (χ0n) is 16.0. The molecule has 0 unspecified atom stereocenters. The van der Waals surface area contributed by atoms with E-state index in [0.29, 0.717) is 29.5 Å². The van der Waals surface area contributed by atoms with Crippen molar-refractivity contribution in [3.63, 3.8) is 0 Å². The minimum atomic E-state index is -0.359. The number of carbonyl (C=O) groups excluding carboxylic acids is 1. The van der Waals surface area contributed by atoms with Gasteiger partial charge in [0.25, 0.3) is 5.91 Å². The van der Waals surface area contributed by atoms with Crippen LogP contribution in [-0.2, 0) is 6.54 Å². The number of hydrogen-bond acceptors (Lipinski definition) is 6. The molecule has 0 saturated heterocycles. The number of nitrogens with one attached hydrogen (secondary N) is 2. The van der Waals surface area contributed by atoms with Crippen molar-refractivity contribution in [2.75, 3.05) is 10.6 Å². The monoisotopic (exact) mass is 397 g/mol. The van der Waals surface area contributed by atoms with E-state index in [-0.39, 0.29) is 11.6 Å². The van der Waals surface area contributed by atoms with E-state index in [4.69, 9.17) is 4.74 Å². The summed E-state index contributed by atoms with van der Waals surface area (Å²) in [5, 5.41) is 6.00. The van der Waals surface area contributed by atoms with Crippen molar-refractivity contribution in [2.45, 2.75) is 6.54 Å². The third kappa shape index (κ3) is 4.96. The lowest BCUT2D eigenvalue weighted by Crippen LogP contribution is -2.15. The average molecular weight is 397 g/mol. The third-order valence-corrected chi connectivity index (χ3v) is 4.18. The predicted octanol–water partition coefficient (Wildman–Crippen LogP) is 4.53. The quantitative estimate of drug-likeness (QED) is 0.476. The Kier molecular flexibility index (Phi) is 5.91. The van der Waals surface area contributed by atoms with Crippen LogP contribution in [0.5, 0.6) is 11.5 Å². The first kappa shape index (κ1) is 19.1. The van der Waals surface area contributed by atoms with Gasteiger partial charge < -0.3 is 15.4 Å². The molecule has 1 amide bonds. The Morgan fingerprint density at radius 1 is 0.867 bits per heavy atom. The molecule has 0 aliphatic carbocycles. The van der Waals surface area contributed by atoms with Crippen LogP contribution in [0.1, 0.15) is 16.2 Å². The molecular formula is C23H19N5O2. The van der Waals surface area contributed by atoms with Crippen LogP contribution in [0, 0.1) is 0 Å². The molecule has 2 N–H and O–H groups in total. The van der Waals surface area contributed by atoms with E-state index >= 15 is 0 Å². The molecule has 2 aromatic carbocycles. The fourth-order valence-electron chi connectivity index (χ4n) is 2.72. The summed E-state index contributed by atoms with van der Waals surface area (Å²) in [5.41, 5.74) is 1.66. The summed E-state index contributed by atoms with van der Waals surface area (Å²) < 4.78 is 5.89. The lowest BCUT2D eigenvalue weighted by Gasteiger charge is -2.12. The van der Waals surface area contributed by atoms with Crippen molar-refractivity contribution in [2.24, 2.45) is 0 Å². The van der Waals surface area contributed by atoms with Crippen LogP contribution in [0.15, 0.2) is 91.4 Å². The topological polar surface area (TPSA) is 89.0 Å². The van der Waals surface area contributed by atoms with Gasteiger partial charge >= 0.3 is 0 Å². The second-order valence-electron chi connectivity index (χ2n) is 6.33. The van der Waals surface area contributed by atoms with E-state index in [1.807, 2.05) is 60.7 Å². The molecule has 2 heterocycles. The van der Waals surface area contributed by atoms with E-state index in [1.54, 1.807) is 24.4 Å². The van der Waals surface area contributed by atoms with Crippen LogP contribution < -0.4 is 15.4 Å². The normalized spacial score (nSPS) is 10.3. The number of aromatic nitrogens is 3. The van der Waals surface area contributed by atoms with Gasteiger partial charge in [0.2, 0.25) is 0 Å². The highest BCUT2D eigenvalue weighted by atomic mass is 16.5. The molecule has 0 radical (unpaired) electrons. The molecule has 2 aromatic heterocycles. The van der Waals surface area contributed by atoms with Crippen molar-refractivity contribution in [1.29, 1.82) is 0 Å². The molecule has 4 aromatic rings. The first-order chi connectivity index (χ1) is 14.8. The van der Waals surface area contributed by atoms with Crippen LogP contribution in [0.2, 0.25) is 0 Å². The molecule has 0 aliphatic rings. The summed E-state index contributed by atoms with van der Waals surface area (Å²) in [7, 11) is 0. The maximum atomic E-state index is 12.7. The number of carbonyl (C=O) groups is 1. The lowest BCUT2D eigenvalue weighted by atomic mass is 10.2. The molecule has 0 aliphatic heterocycles. The highest BCUT2D eigenvalue weighted by molar-refractivity contribution is 6.04. The van der Waals surface area contributed by atoms with E-state index < -0.39 is 0 Å². The number of ether oxygens (including phenoxy) is 1. The Labute approximate surface area is 173 Å². The number of pyridine rings is 1. The lowest BCUT2D eigenvalue weighted by molar-refractivity contribution is 0.102. The van der Waals surface area contributed by atoms with Gasteiger partial charge in [0.1, 0.15) is 23.6 Å². The first-order valence-electron chi connectivity index (χ1n) is 9.37. The van der Waals surface area contributed by atoms with Gasteiger partial charge in [-0.1, -0.05) is 36.4 Å². The van der Waals surface area contributed by atoms with Gasteiger partial charge in [-0.3, -0.25) is 9.78 Å². The molecule has 148 valence electrons. The Hall–Kier alpha value is -4.26. The summed E-state index contributed by atoms with van der Waals surface area (Å²) in [6, 6.07) is 23.9. The number of nitrogens with zero attached hydrogens (tertiary/aromatic N) is 3. The Bertz CT molecular complexity index is 1120. The van der Waals surface area contributed by atoms with Gasteiger partial charge in [-0.15, -0.1) is 0 Å². The van der Waals surface area contributed by atoms with Crippen LogP contribution in [0.4, 0.5) is 11.5 Å². The summed E-state index contributed by atoms with van der Waals surface area (Å²) in [6.45, 7) is 0.493. The molecule has 0 fully saturated rings. The third-order valence-electron chi connectivity index (χ3n) is 4.18. The van der Waals surface area contributed by atoms with Crippen LogP contribution in [0.25, 0.3) is 0 Å². The largest absolute Gasteiger partial charge is 0.455 e. The molecule has 7 heteroatoms.